The van der Waals surface area contributed by atoms with Gasteiger partial charge in [0.2, 0.25) is 11.8 Å². The smallest absolute Gasteiger partial charge is 0.265 e. The first-order valence-corrected chi connectivity index (χ1v) is 15.1. The number of amides is 4. The van der Waals surface area contributed by atoms with Crippen molar-refractivity contribution in [3.8, 4) is 0 Å². The molecule has 4 bridgehead atoms. The van der Waals surface area contributed by atoms with Crippen molar-refractivity contribution in [3.05, 3.63) is 34.6 Å². The lowest BCUT2D eigenvalue weighted by atomic mass is 9.53. The quantitative estimate of drug-likeness (QED) is 0.316. The maximum Gasteiger partial charge on any atom is 0.265 e. The number of fused-ring (bicyclic) bond motifs is 1. The van der Waals surface area contributed by atoms with Crippen molar-refractivity contribution in [2.75, 3.05) is 6.54 Å². The van der Waals surface area contributed by atoms with E-state index in [1.807, 2.05) is 0 Å². The van der Waals surface area contributed by atoms with Gasteiger partial charge >= 0.3 is 0 Å². The molecule has 0 radical (unpaired) electrons. The largest absolute Gasteiger partial charge is 0.311 e. The van der Waals surface area contributed by atoms with E-state index >= 15 is 0 Å². The minimum Gasteiger partial charge on any atom is -0.311 e. The first kappa shape index (κ1) is 26.6. The van der Waals surface area contributed by atoms with Crippen LogP contribution in [-0.4, -0.2) is 46.7 Å². The molecule has 0 spiro atoms. The highest BCUT2D eigenvalue weighted by atomic mass is 19.1. The highest BCUT2D eigenvalue weighted by molar-refractivity contribution is 6.24. The van der Waals surface area contributed by atoms with Gasteiger partial charge < -0.3 is 5.32 Å². The molecule has 2 N–H and O–H groups in total. The molecule has 4 saturated carbocycles. The number of unbranched alkanes of at least 4 members (excludes halogenated alkanes) is 5. The number of aryl methyl sites for hydroxylation is 1. The van der Waals surface area contributed by atoms with Crippen molar-refractivity contribution < 1.29 is 23.6 Å². The first-order chi connectivity index (χ1) is 18.8. The summed E-state index contributed by atoms with van der Waals surface area (Å²) in [5.41, 5.74) is 0.935. The molecule has 7 nitrogen and oxygen atoms in total. The predicted molar refractivity (Wildman–Crippen MR) is 143 cm³/mol. The molecule has 39 heavy (non-hydrogen) atoms. The molecular weight excluding hydrogens is 497 g/mol. The molecule has 1 atom stereocenters. The van der Waals surface area contributed by atoms with E-state index in [-0.39, 0.29) is 24.0 Å². The predicted octanol–water partition coefficient (Wildman–Crippen LogP) is 4.67. The molecule has 7 rings (SSSR count). The van der Waals surface area contributed by atoms with Gasteiger partial charge in [-0.3, -0.25) is 29.4 Å². The van der Waals surface area contributed by atoms with Gasteiger partial charge in [0, 0.05) is 12.0 Å². The molecule has 4 amide bonds. The molecule has 1 unspecified atom stereocenters. The average molecular weight is 538 g/mol. The van der Waals surface area contributed by atoms with Crippen LogP contribution in [0.2, 0.25) is 0 Å². The fraction of sp³-hybridized carbons (Fsp3) is 0.677. The van der Waals surface area contributed by atoms with Crippen molar-refractivity contribution >= 4 is 23.6 Å². The maximum atomic E-state index is 14.6. The Morgan fingerprint density at radius 3 is 2.13 bits per heavy atom. The number of rotatable bonds is 11. The zero-order chi connectivity index (χ0) is 27.1. The molecule has 1 saturated heterocycles. The van der Waals surface area contributed by atoms with Crippen LogP contribution in [0.4, 0.5) is 4.39 Å². The van der Waals surface area contributed by atoms with Crippen LogP contribution in [0.5, 0.6) is 0 Å². The van der Waals surface area contributed by atoms with E-state index in [4.69, 9.17) is 0 Å². The molecule has 2 heterocycles. The molecule has 0 aromatic heterocycles. The average Bonchev–Trinajstić information content (AvgIpc) is 3.14. The number of piperidine rings is 1. The van der Waals surface area contributed by atoms with E-state index in [9.17, 15) is 23.6 Å². The van der Waals surface area contributed by atoms with E-state index in [0.717, 1.165) is 48.5 Å². The Bertz CT molecular complexity index is 1150. The van der Waals surface area contributed by atoms with Crippen LogP contribution in [0.3, 0.4) is 0 Å². The summed E-state index contributed by atoms with van der Waals surface area (Å²) in [5.74, 6) is -0.366. The normalized spacial score (nSPS) is 31.3. The van der Waals surface area contributed by atoms with E-state index in [1.54, 1.807) is 6.07 Å². The SMILES string of the molecule is O=C1CCC(N2C(=O)c3c(F)ccc(CCCCCCCCNC45CC6CC(CC(C6)C4)C5)c3C2=O)C(=O)N1. The standard InChI is InChI=1S/C31H40FN3O4/c32-23-9-8-22(26-27(23)30(39)35(29(26)38)24-10-11-25(36)34-28(24)37)7-5-3-1-2-4-6-12-33-31-16-19-13-20(17-31)15-21(14-19)18-31/h8-9,19-21,24,33H,1-7,10-18H2,(H,34,36,37). The second-order valence-corrected chi connectivity index (χ2v) is 12.9. The van der Waals surface area contributed by atoms with Gasteiger partial charge in [0.05, 0.1) is 11.1 Å². The van der Waals surface area contributed by atoms with Gasteiger partial charge in [-0.25, -0.2) is 4.39 Å². The fourth-order valence-corrected chi connectivity index (χ4v) is 8.66. The van der Waals surface area contributed by atoms with Crippen LogP contribution < -0.4 is 10.6 Å². The number of carbonyl (C=O) groups excluding carboxylic acids is 4. The first-order valence-electron chi connectivity index (χ1n) is 15.1. The summed E-state index contributed by atoms with van der Waals surface area (Å²) in [4.78, 5) is 50.8. The van der Waals surface area contributed by atoms with Crippen LogP contribution in [-0.2, 0) is 16.0 Å². The summed E-state index contributed by atoms with van der Waals surface area (Å²) in [7, 11) is 0. The Kier molecular flexibility index (Phi) is 7.34. The lowest BCUT2D eigenvalue weighted by Crippen LogP contribution is -2.58. The second kappa shape index (κ2) is 10.8. The van der Waals surface area contributed by atoms with E-state index in [1.165, 1.54) is 63.9 Å². The summed E-state index contributed by atoms with van der Waals surface area (Å²) in [5, 5.41) is 6.16. The van der Waals surface area contributed by atoms with Crippen LogP contribution in [0.25, 0.3) is 0 Å². The summed E-state index contributed by atoms with van der Waals surface area (Å²) in [6.07, 6.45) is 15.8. The van der Waals surface area contributed by atoms with Gasteiger partial charge in [-0.15, -0.1) is 0 Å². The highest BCUT2D eigenvalue weighted by Crippen LogP contribution is 2.55. The van der Waals surface area contributed by atoms with Gasteiger partial charge in [0.15, 0.2) is 0 Å². The van der Waals surface area contributed by atoms with Gasteiger partial charge in [-0.2, -0.15) is 0 Å². The summed E-state index contributed by atoms with van der Waals surface area (Å²) in [6.45, 7) is 1.12. The number of hydrogen-bond acceptors (Lipinski definition) is 5. The van der Waals surface area contributed by atoms with Crippen molar-refractivity contribution in [2.24, 2.45) is 17.8 Å². The van der Waals surface area contributed by atoms with E-state index in [0.29, 0.717) is 17.5 Å². The molecule has 8 heteroatoms. The third kappa shape index (κ3) is 5.17. The second-order valence-electron chi connectivity index (χ2n) is 12.9. The zero-order valence-corrected chi connectivity index (χ0v) is 22.7. The molecule has 2 aliphatic heterocycles. The summed E-state index contributed by atoms with van der Waals surface area (Å²) < 4.78 is 14.6. The minimum absolute atomic E-state index is 0.0392. The van der Waals surface area contributed by atoms with Gasteiger partial charge in [-0.1, -0.05) is 31.7 Å². The number of nitrogens with zero attached hydrogens (tertiary/aromatic N) is 1. The molecule has 1 aromatic rings. The maximum absolute atomic E-state index is 14.6. The topological polar surface area (TPSA) is 95.6 Å². The van der Waals surface area contributed by atoms with Crippen molar-refractivity contribution in [2.45, 2.75) is 108 Å². The Labute approximate surface area is 229 Å². The van der Waals surface area contributed by atoms with Crippen LogP contribution in [0.15, 0.2) is 12.1 Å². The lowest BCUT2D eigenvalue weighted by Gasteiger charge is -2.57. The Hall–Kier alpha value is -2.61. The van der Waals surface area contributed by atoms with Crippen LogP contribution in [0, 0.1) is 23.6 Å². The highest BCUT2D eigenvalue weighted by Gasteiger charge is 2.50. The van der Waals surface area contributed by atoms with E-state index < -0.39 is 35.5 Å². The summed E-state index contributed by atoms with van der Waals surface area (Å²) >= 11 is 0. The Balaban J connectivity index is 0.945. The lowest BCUT2D eigenvalue weighted by molar-refractivity contribution is -0.136. The molecule has 1 aromatic carbocycles. The number of carbonyl (C=O) groups is 4. The van der Waals surface area contributed by atoms with Crippen LogP contribution in [0.1, 0.15) is 116 Å². The number of hydrogen-bond donors (Lipinski definition) is 2. The molecule has 4 aliphatic carbocycles. The number of benzene rings is 1. The number of nitrogens with one attached hydrogen (secondary N) is 2. The molecule has 5 fully saturated rings. The Morgan fingerprint density at radius 2 is 1.46 bits per heavy atom. The van der Waals surface area contributed by atoms with Gasteiger partial charge in [0.1, 0.15) is 11.9 Å². The number of imide groups is 2. The minimum atomic E-state index is -1.08. The third-order valence-corrected chi connectivity index (χ3v) is 10.0. The molecule has 210 valence electrons. The third-order valence-electron chi connectivity index (χ3n) is 10.0. The monoisotopic (exact) mass is 537 g/mol. The molecule has 6 aliphatic rings. The van der Waals surface area contributed by atoms with Crippen molar-refractivity contribution in [1.29, 1.82) is 0 Å². The van der Waals surface area contributed by atoms with Crippen LogP contribution >= 0.6 is 0 Å². The zero-order valence-electron chi connectivity index (χ0n) is 22.7. The summed E-state index contributed by atoms with van der Waals surface area (Å²) in [6, 6.07) is 1.74. The molecular formula is C31H40FN3O4. The van der Waals surface area contributed by atoms with E-state index in [2.05, 4.69) is 10.6 Å². The van der Waals surface area contributed by atoms with Crippen molar-refractivity contribution in [3.63, 3.8) is 0 Å². The van der Waals surface area contributed by atoms with Gasteiger partial charge in [-0.05, 0) is 100 Å². The fourth-order valence-electron chi connectivity index (χ4n) is 8.66. The van der Waals surface area contributed by atoms with Gasteiger partial charge in [0.25, 0.3) is 11.8 Å². The number of halogens is 1. The van der Waals surface area contributed by atoms with Crippen molar-refractivity contribution in [1.82, 2.24) is 15.5 Å². The Morgan fingerprint density at radius 1 is 0.846 bits per heavy atom.